The fourth-order valence-corrected chi connectivity index (χ4v) is 5.27. The van der Waals surface area contributed by atoms with Gasteiger partial charge in [-0.1, -0.05) is 24.3 Å². The van der Waals surface area contributed by atoms with E-state index in [1.54, 1.807) is 17.0 Å². The maximum atomic E-state index is 13.9. The van der Waals surface area contributed by atoms with Crippen LogP contribution in [0.1, 0.15) is 42.5 Å². The maximum absolute atomic E-state index is 13.9. The van der Waals surface area contributed by atoms with Crippen LogP contribution in [0.4, 0.5) is 37.8 Å². The highest BCUT2D eigenvalue weighted by Gasteiger charge is 2.41. The van der Waals surface area contributed by atoms with E-state index in [-0.39, 0.29) is 30.9 Å². The highest BCUT2D eigenvalue weighted by atomic mass is 19.4. The Kier molecular flexibility index (Phi) is 8.36. The summed E-state index contributed by atoms with van der Waals surface area (Å²) in [5.74, 6) is -0.329. The van der Waals surface area contributed by atoms with Gasteiger partial charge in [-0.2, -0.15) is 26.3 Å². The first-order chi connectivity index (χ1) is 19.4. The molecule has 42 heavy (non-hydrogen) atoms. The summed E-state index contributed by atoms with van der Waals surface area (Å²) in [4.78, 5) is 21.3. The second-order valence-corrected chi connectivity index (χ2v) is 11.0. The molecular formula is C30H31F6N3O3. The van der Waals surface area contributed by atoms with Crippen LogP contribution < -0.4 is 9.80 Å². The first kappa shape index (κ1) is 31.3. The van der Waals surface area contributed by atoms with Crippen LogP contribution in [0.2, 0.25) is 0 Å². The number of alkyl halides is 6. The molecule has 0 saturated carbocycles. The van der Waals surface area contributed by atoms with Crippen molar-refractivity contribution >= 4 is 17.4 Å². The van der Waals surface area contributed by atoms with E-state index in [4.69, 9.17) is 0 Å². The van der Waals surface area contributed by atoms with Crippen LogP contribution in [-0.2, 0) is 22.6 Å². The van der Waals surface area contributed by atoms with Gasteiger partial charge in [-0.3, -0.25) is 4.79 Å². The van der Waals surface area contributed by atoms with Gasteiger partial charge in [0.25, 0.3) is 0 Å². The number of pyridine rings is 1. The number of hydrogen-bond acceptors (Lipinski definition) is 5. The van der Waals surface area contributed by atoms with E-state index in [2.05, 4.69) is 4.98 Å². The largest absolute Gasteiger partial charge is 0.416 e. The Morgan fingerprint density at radius 2 is 1.55 bits per heavy atom. The molecule has 1 aliphatic rings. The van der Waals surface area contributed by atoms with Crippen molar-refractivity contribution in [3.05, 3.63) is 77.0 Å². The van der Waals surface area contributed by atoms with Gasteiger partial charge in [-0.25, -0.2) is 4.98 Å². The molecule has 1 aromatic heterocycles. The van der Waals surface area contributed by atoms with Crippen LogP contribution >= 0.6 is 0 Å². The van der Waals surface area contributed by atoms with Crippen molar-refractivity contribution in [3.63, 3.8) is 0 Å². The lowest BCUT2D eigenvalue weighted by Crippen LogP contribution is -2.42. The van der Waals surface area contributed by atoms with E-state index in [0.29, 0.717) is 35.5 Å². The molecule has 2 atom stereocenters. The third-order valence-corrected chi connectivity index (χ3v) is 7.71. The highest BCUT2D eigenvalue weighted by molar-refractivity contribution is 6.03. The molecule has 1 aliphatic heterocycles. The van der Waals surface area contributed by atoms with Crippen molar-refractivity contribution in [3.8, 4) is 11.1 Å². The molecule has 0 aliphatic carbocycles. The van der Waals surface area contributed by atoms with Gasteiger partial charge in [0.2, 0.25) is 5.91 Å². The minimum atomic E-state index is -5.06. The Morgan fingerprint density at radius 3 is 2.10 bits per heavy atom. The first-order valence-corrected chi connectivity index (χ1v) is 13.1. The fraction of sp³-hybridized carbons (Fsp3) is 0.400. The van der Waals surface area contributed by atoms with Crippen molar-refractivity contribution < 1.29 is 41.4 Å². The minimum absolute atomic E-state index is 0.0294. The molecule has 0 radical (unpaired) electrons. The third kappa shape index (κ3) is 6.10. The molecular weight excluding hydrogens is 564 g/mol. The van der Waals surface area contributed by atoms with Gasteiger partial charge in [0.1, 0.15) is 5.82 Å². The molecule has 3 aromatic rings. The Balaban J connectivity index is 1.82. The topological polar surface area (TPSA) is 76.9 Å². The molecule has 0 bridgehead atoms. The van der Waals surface area contributed by atoms with E-state index in [9.17, 15) is 41.4 Å². The standard InChI is InChI=1S/C30H31F6N3O3/c1-17-7-5-6-8-23(17)24-13-26(39-15-22(41)12-21(39)16-40)37-14-25(24)38(4)27(42)28(2,3)18-9-19(29(31,32)33)11-20(10-18)30(34,35)36/h5-11,13-14,21-22,40-41H,12,15-16H2,1-4H3/t21-,22-/m0/s1. The normalized spacial score (nSPS) is 18.0. The summed E-state index contributed by atoms with van der Waals surface area (Å²) in [7, 11) is 1.39. The fourth-order valence-electron chi connectivity index (χ4n) is 5.27. The third-order valence-electron chi connectivity index (χ3n) is 7.71. The summed E-state index contributed by atoms with van der Waals surface area (Å²) < 4.78 is 81.4. The number of benzene rings is 2. The van der Waals surface area contributed by atoms with Crippen molar-refractivity contribution in [1.82, 2.24) is 4.98 Å². The van der Waals surface area contributed by atoms with Crippen molar-refractivity contribution in [2.75, 3.05) is 30.0 Å². The summed E-state index contributed by atoms with van der Waals surface area (Å²) in [5.41, 5.74) is -2.91. The predicted molar refractivity (Wildman–Crippen MR) is 146 cm³/mol. The van der Waals surface area contributed by atoms with E-state index in [0.717, 1.165) is 5.56 Å². The molecule has 1 saturated heterocycles. The van der Waals surface area contributed by atoms with Crippen molar-refractivity contribution in [2.24, 2.45) is 0 Å². The van der Waals surface area contributed by atoms with Gasteiger partial charge in [0.15, 0.2) is 0 Å². The average molecular weight is 596 g/mol. The Morgan fingerprint density at radius 1 is 0.976 bits per heavy atom. The molecule has 4 rings (SSSR count). The number of halogens is 6. The van der Waals surface area contributed by atoms with Gasteiger partial charge >= 0.3 is 12.4 Å². The molecule has 0 spiro atoms. The highest BCUT2D eigenvalue weighted by Crippen LogP contribution is 2.41. The second kappa shape index (κ2) is 11.2. The summed E-state index contributed by atoms with van der Waals surface area (Å²) in [6, 6.07) is 9.75. The number of aliphatic hydroxyl groups is 2. The lowest BCUT2D eigenvalue weighted by Gasteiger charge is -2.32. The van der Waals surface area contributed by atoms with Crippen LogP contribution in [-0.4, -0.2) is 53.4 Å². The van der Waals surface area contributed by atoms with Crippen LogP contribution in [0.3, 0.4) is 0 Å². The molecule has 1 amide bonds. The number of amides is 1. The van der Waals surface area contributed by atoms with Gasteiger partial charge in [-0.15, -0.1) is 0 Å². The number of nitrogens with zero attached hydrogens (tertiary/aromatic N) is 3. The van der Waals surface area contributed by atoms with Gasteiger partial charge < -0.3 is 20.0 Å². The summed E-state index contributed by atoms with van der Waals surface area (Å²) in [6.07, 6.45) is -9.06. The number of aromatic nitrogens is 1. The zero-order chi connectivity index (χ0) is 31.2. The zero-order valence-electron chi connectivity index (χ0n) is 23.4. The molecule has 2 heterocycles. The summed E-state index contributed by atoms with van der Waals surface area (Å²) in [5, 5.41) is 20.0. The Bertz CT molecular complexity index is 1440. The monoisotopic (exact) mass is 595 g/mol. The molecule has 1 fully saturated rings. The zero-order valence-corrected chi connectivity index (χ0v) is 23.4. The number of carbonyl (C=O) groups excluding carboxylic acids is 1. The SMILES string of the molecule is Cc1ccccc1-c1cc(N2C[C@@H](O)C[C@H]2CO)ncc1N(C)C(=O)C(C)(C)c1cc(C(F)(F)F)cc(C(F)(F)F)c1. The summed E-state index contributed by atoms with van der Waals surface area (Å²) in [6.45, 7) is 4.40. The van der Waals surface area contributed by atoms with Crippen LogP contribution in [0.25, 0.3) is 11.1 Å². The number of β-amino-alcohol motifs (C(OH)–C–C–N with tert-alkyl or cyclic N) is 1. The first-order valence-electron chi connectivity index (χ1n) is 13.1. The van der Waals surface area contributed by atoms with Gasteiger partial charge in [0, 0.05) is 19.2 Å². The van der Waals surface area contributed by atoms with Gasteiger partial charge in [0.05, 0.1) is 47.2 Å². The number of aryl methyl sites for hydroxylation is 1. The van der Waals surface area contributed by atoms with E-state index in [1.165, 1.54) is 32.0 Å². The lowest BCUT2D eigenvalue weighted by atomic mass is 9.81. The summed E-state index contributed by atoms with van der Waals surface area (Å²) >= 11 is 0. The number of aliphatic hydroxyl groups excluding tert-OH is 2. The number of likely N-dealkylation sites (N-methyl/N-ethyl adjacent to an activating group) is 1. The van der Waals surface area contributed by atoms with E-state index >= 15 is 0 Å². The quantitative estimate of drug-likeness (QED) is 0.344. The number of anilines is 2. The number of hydrogen-bond donors (Lipinski definition) is 2. The predicted octanol–water partition coefficient (Wildman–Crippen LogP) is 5.97. The van der Waals surface area contributed by atoms with Crippen LogP contribution in [0.15, 0.2) is 54.7 Å². The molecule has 2 aromatic carbocycles. The van der Waals surface area contributed by atoms with Crippen LogP contribution in [0.5, 0.6) is 0 Å². The molecule has 0 unspecified atom stereocenters. The molecule has 2 N–H and O–H groups in total. The number of rotatable bonds is 6. The van der Waals surface area contributed by atoms with Gasteiger partial charge in [-0.05, 0) is 68.1 Å². The number of carbonyl (C=O) groups is 1. The average Bonchev–Trinajstić information content (AvgIpc) is 3.31. The molecule has 12 heteroatoms. The minimum Gasteiger partial charge on any atom is -0.394 e. The van der Waals surface area contributed by atoms with E-state index < -0.39 is 46.5 Å². The van der Waals surface area contributed by atoms with E-state index in [1.807, 2.05) is 25.1 Å². The second-order valence-electron chi connectivity index (χ2n) is 11.0. The lowest BCUT2D eigenvalue weighted by molar-refractivity contribution is -0.143. The van der Waals surface area contributed by atoms with Crippen molar-refractivity contribution in [2.45, 2.75) is 57.1 Å². The Labute approximate surface area is 239 Å². The molecule has 6 nitrogen and oxygen atoms in total. The van der Waals surface area contributed by atoms with Crippen molar-refractivity contribution in [1.29, 1.82) is 0 Å². The smallest absolute Gasteiger partial charge is 0.394 e. The van der Waals surface area contributed by atoms with Crippen LogP contribution in [0, 0.1) is 6.92 Å². The Hall–Kier alpha value is -3.64. The molecule has 226 valence electrons. The maximum Gasteiger partial charge on any atom is 0.416 e.